The first-order chi connectivity index (χ1) is 13.0. The second kappa shape index (κ2) is 6.88. The smallest absolute Gasteiger partial charge is 0.344 e. The van der Waals surface area contributed by atoms with E-state index in [2.05, 4.69) is 10.4 Å². The maximum absolute atomic E-state index is 13.8. The van der Waals surface area contributed by atoms with Crippen LogP contribution in [0.1, 0.15) is 17.3 Å². The second-order valence-corrected chi connectivity index (χ2v) is 6.47. The molecule has 0 spiro atoms. The monoisotopic (exact) mass is 402 g/mol. The Bertz CT molecular complexity index is 940. The molecule has 150 valence electrons. The van der Waals surface area contributed by atoms with E-state index in [0.717, 1.165) is 25.2 Å². The molecule has 6 nitrogen and oxygen atoms in total. The molecule has 1 saturated heterocycles. The predicted molar refractivity (Wildman–Crippen MR) is 87.1 cm³/mol. The number of carbonyl (C=O) groups excluding carboxylic acids is 2. The molecule has 3 rings (SSSR count). The van der Waals surface area contributed by atoms with Crippen molar-refractivity contribution in [2.45, 2.75) is 12.1 Å². The van der Waals surface area contributed by atoms with Gasteiger partial charge in [-0.05, 0) is 18.2 Å². The van der Waals surface area contributed by atoms with E-state index in [9.17, 15) is 31.5 Å². The Morgan fingerprint density at radius 3 is 2.54 bits per heavy atom. The lowest BCUT2D eigenvalue weighted by atomic mass is 9.91. The van der Waals surface area contributed by atoms with Crippen LogP contribution in [-0.2, 0) is 22.8 Å². The van der Waals surface area contributed by atoms with E-state index < -0.39 is 52.8 Å². The molecule has 2 amide bonds. The number of halogens is 5. The molecule has 2 atom stereocenters. The Morgan fingerprint density at radius 1 is 1.25 bits per heavy atom. The predicted octanol–water partition coefficient (Wildman–Crippen LogP) is 2.53. The van der Waals surface area contributed by atoms with Gasteiger partial charge in [0, 0.05) is 26.6 Å². The standard InChI is InChI=1S/C17H15F5N4O2/c1-25-7-8(11-6-12(17(20,21)22)26(2)24-11)13(16(25)28)15(27)23-10-5-3-4-9(18)14(10)19/h3-6,8,13H,7H2,1-2H3,(H,23,27)/t8-,13+/m1/s1. The number of alkyl halides is 3. The second-order valence-electron chi connectivity index (χ2n) is 6.47. The highest BCUT2D eigenvalue weighted by atomic mass is 19.4. The fourth-order valence-electron chi connectivity index (χ4n) is 3.21. The fourth-order valence-corrected chi connectivity index (χ4v) is 3.21. The van der Waals surface area contributed by atoms with Gasteiger partial charge in [-0.25, -0.2) is 8.78 Å². The van der Waals surface area contributed by atoms with Crippen LogP contribution < -0.4 is 5.32 Å². The van der Waals surface area contributed by atoms with Crippen molar-refractivity contribution in [1.29, 1.82) is 0 Å². The van der Waals surface area contributed by atoms with E-state index >= 15 is 0 Å². The van der Waals surface area contributed by atoms with Gasteiger partial charge < -0.3 is 10.2 Å². The zero-order chi connectivity index (χ0) is 20.8. The Labute approximate surface area is 155 Å². The number of amides is 2. The zero-order valence-electron chi connectivity index (χ0n) is 14.7. The van der Waals surface area contributed by atoms with E-state index in [4.69, 9.17) is 0 Å². The van der Waals surface area contributed by atoms with E-state index in [-0.39, 0.29) is 12.2 Å². The first-order valence-electron chi connectivity index (χ1n) is 8.11. The molecule has 0 radical (unpaired) electrons. The molecule has 28 heavy (non-hydrogen) atoms. The molecule has 0 aliphatic carbocycles. The average molecular weight is 402 g/mol. The molecule has 2 aromatic rings. The summed E-state index contributed by atoms with van der Waals surface area (Å²) in [5, 5.41) is 5.94. The van der Waals surface area contributed by atoms with Gasteiger partial charge in [0.1, 0.15) is 11.6 Å². The van der Waals surface area contributed by atoms with Crippen molar-refractivity contribution in [1.82, 2.24) is 14.7 Å². The summed E-state index contributed by atoms with van der Waals surface area (Å²) in [6, 6.07) is 3.91. The summed E-state index contributed by atoms with van der Waals surface area (Å²) in [6.45, 7) is -0.0448. The third-order valence-corrected chi connectivity index (χ3v) is 4.58. The number of rotatable bonds is 3. The van der Waals surface area contributed by atoms with Crippen LogP contribution >= 0.6 is 0 Å². The number of anilines is 1. The molecule has 11 heteroatoms. The minimum Gasteiger partial charge on any atom is -0.344 e. The summed E-state index contributed by atoms with van der Waals surface area (Å²) >= 11 is 0. The maximum Gasteiger partial charge on any atom is 0.433 e. The number of nitrogens with zero attached hydrogens (tertiary/aromatic N) is 3. The highest BCUT2D eigenvalue weighted by Crippen LogP contribution is 2.37. The van der Waals surface area contributed by atoms with Gasteiger partial charge in [-0.2, -0.15) is 18.3 Å². The lowest BCUT2D eigenvalue weighted by molar-refractivity contribution is -0.143. The molecule has 1 aromatic carbocycles. The van der Waals surface area contributed by atoms with E-state index in [1.54, 1.807) is 0 Å². The molecule has 1 fully saturated rings. The van der Waals surface area contributed by atoms with E-state index in [1.165, 1.54) is 18.0 Å². The number of hydrogen-bond donors (Lipinski definition) is 1. The van der Waals surface area contributed by atoms with Crippen LogP contribution in [0, 0.1) is 17.6 Å². The number of likely N-dealkylation sites (tertiary alicyclic amines) is 1. The van der Waals surface area contributed by atoms with Gasteiger partial charge >= 0.3 is 6.18 Å². The number of nitrogens with one attached hydrogen (secondary N) is 1. The SMILES string of the molecule is CN1C[C@H](c2cc(C(F)(F)F)n(C)n2)[C@@H](C(=O)Nc2cccc(F)c2F)C1=O. The van der Waals surface area contributed by atoms with Crippen LogP contribution in [-0.4, -0.2) is 40.1 Å². The molecule has 0 bridgehead atoms. The molecule has 1 aliphatic heterocycles. The molecule has 1 aromatic heterocycles. The molecular weight excluding hydrogens is 387 g/mol. The normalized spacial score (nSPS) is 20.0. The van der Waals surface area contributed by atoms with Crippen molar-refractivity contribution in [3.8, 4) is 0 Å². The van der Waals surface area contributed by atoms with Gasteiger partial charge in [-0.15, -0.1) is 0 Å². The molecule has 0 saturated carbocycles. The minimum atomic E-state index is -4.66. The fraction of sp³-hybridized carbons (Fsp3) is 0.353. The molecule has 2 heterocycles. The van der Waals surface area contributed by atoms with Crippen molar-refractivity contribution in [3.63, 3.8) is 0 Å². The van der Waals surface area contributed by atoms with Gasteiger partial charge in [0.05, 0.1) is 11.4 Å². The van der Waals surface area contributed by atoms with Crippen molar-refractivity contribution in [2.75, 3.05) is 18.9 Å². The Balaban J connectivity index is 1.93. The first-order valence-corrected chi connectivity index (χ1v) is 8.11. The topological polar surface area (TPSA) is 67.2 Å². The summed E-state index contributed by atoms with van der Waals surface area (Å²) in [4.78, 5) is 26.2. The number of aryl methyl sites for hydroxylation is 1. The summed E-state index contributed by atoms with van der Waals surface area (Å²) in [7, 11) is 2.49. The summed E-state index contributed by atoms with van der Waals surface area (Å²) in [5.41, 5.74) is -1.59. The third kappa shape index (κ3) is 3.43. The minimum absolute atomic E-state index is 0.0448. The zero-order valence-corrected chi connectivity index (χ0v) is 14.7. The molecule has 1 N–H and O–H groups in total. The summed E-state index contributed by atoms with van der Waals surface area (Å²) in [6.07, 6.45) is -4.66. The molecule has 1 aliphatic rings. The lowest BCUT2D eigenvalue weighted by Gasteiger charge is -2.15. The number of hydrogen-bond acceptors (Lipinski definition) is 3. The Morgan fingerprint density at radius 2 is 1.93 bits per heavy atom. The van der Waals surface area contributed by atoms with Gasteiger partial charge in [0.15, 0.2) is 11.6 Å². The summed E-state index contributed by atoms with van der Waals surface area (Å²) in [5.74, 6) is -6.51. The molecule has 0 unspecified atom stereocenters. The van der Waals surface area contributed by atoms with Crippen LogP contribution in [0.2, 0.25) is 0 Å². The van der Waals surface area contributed by atoms with Crippen LogP contribution in [0.25, 0.3) is 0 Å². The highest BCUT2D eigenvalue weighted by molar-refractivity contribution is 6.08. The van der Waals surface area contributed by atoms with Crippen molar-refractivity contribution >= 4 is 17.5 Å². The Kier molecular flexibility index (Phi) is 4.86. The third-order valence-electron chi connectivity index (χ3n) is 4.58. The van der Waals surface area contributed by atoms with Gasteiger partial charge in [-0.3, -0.25) is 14.3 Å². The van der Waals surface area contributed by atoms with Crippen LogP contribution in [0.15, 0.2) is 24.3 Å². The van der Waals surface area contributed by atoms with Crippen LogP contribution in [0.4, 0.5) is 27.6 Å². The van der Waals surface area contributed by atoms with Crippen molar-refractivity contribution in [2.24, 2.45) is 13.0 Å². The van der Waals surface area contributed by atoms with Crippen molar-refractivity contribution in [3.05, 3.63) is 47.3 Å². The quantitative estimate of drug-likeness (QED) is 0.634. The number of carbonyl (C=O) groups is 2. The van der Waals surface area contributed by atoms with Gasteiger partial charge in [0.2, 0.25) is 11.8 Å². The van der Waals surface area contributed by atoms with Gasteiger partial charge in [0.25, 0.3) is 0 Å². The van der Waals surface area contributed by atoms with Crippen LogP contribution in [0.5, 0.6) is 0 Å². The van der Waals surface area contributed by atoms with Gasteiger partial charge in [-0.1, -0.05) is 6.07 Å². The number of aromatic nitrogens is 2. The number of benzene rings is 1. The average Bonchev–Trinajstić information content (AvgIpc) is 3.12. The highest BCUT2D eigenvalue weighted by Gasteiger charge is 2.47. The van der Waals surface area contributed by atoms with Crippen LogP contribution in [0.3, 0.4) is 0 Å². The number of likely N-dealkylation sites (N-methyl/N-ethyl adjacent to an activating group) is 1. The summed E-state index contributed by atoms with van der Waals surface area (Å²) < 4.78 is 66.9. The van der Waals surface area contributed by atoms with E-state index in [0.29, 0.717) is 4.68 Å². The Hall–Kier alpha value is -2.98. The molecular formula is C17H15F5N4O2. The maximum atomic E-state index is 13.8. The first kappa shape index (κ1) is 19.8. The lowest BCUT2D eigenvalue weighted by Crippen LogP contribution is -2.33. The largest absolute Gasteiger partial charge is 0.433 e. The van der Waals surface area contributed by atoms with Crippen molar-refractivity contribution < 1.29 is 31.5 Å². The van der Waals surface area contributed by atoms with E-state index in [1.807, 2.05) is 0 Å².